The molecule has 0 aliphatic rings. The van der Waals surface area contributed by atoms with Crippen molar-refractivity contribution in [1.29, 1.82) is 0 Å². The Morgan fingerprint density at radius 1 is 1.00 bits per heavy atom. The Balaban J connectivity index is 1.66. The maximum atomic E-state index is 12.9. The van der Waals surface area contributed by atoms with Gasteiger partial charge >= 0.3 is 6.03 Å². The second kappa shape index (κ2) is 7.42. The zero-order valence-electron chi connectivity index (χ0n) is 13.4. The van der Waals surface area contributed by atoms with Gasteiger partial charge in [0.2, 0.25) is 0 Å². The molecule has 0 radical (unpaired) electrons. The number of rotatable bonds is 4. The molecule has 1 N–H and O–H groups in total. The second-order valence-electron chi connectivity index (χ2n) is 5.22. The maximum Gasteiger partial charge on any atom is 0.333 e. The molecule has 0 fully saturated rings. The molecule has 0 saturated heterocycles. The largest absolute Gasteiger partial charge is 0.333 e. The topological polar surface area (TPSA) is 71.0 Å². The van der Waals surface area contributed by atoms with Crippen LogP contribution in [0.25, 0.3) is 10.6 Å². The predicted molar refractivity (Wildman–Crippen MR) is 105 cm³/mol. The number of anilines is 3. The molecule has 4 aromatic rings. The number of aromatic nitrogens is 3. The van der Waals surface area contributed by atoms with Crippen LogP contribution in [0.4, 0.5) is 22.1 Å². The number of pyridine rings is 1. The molecule has 1 aromatic carbocycles. The SMILES string of the molecule is O=C(Nc1ccccc1)N(c1cscn1)c1csc(-c2ccncc2)n1. The highest BCUT2D eigenvalue weighted by molar-refractivity contribution is 7.13. The molecular weight excluding hydrogens is 366 g/mol. The van der Waals surface area contributed by atoms with Gasteiger partial charge in [0.05, 0.1) is 5.51 Å². The van der Waals surface area contributed by atoms with Gasteiger partial charge < -0.3 is 5.32 Å². The number of para-hydroxylation sites is 1. The van der Waals surface area contributed by atoms with E-state index in [-0.39, 0.29) is 6.03 Å². The molecule has 0 aliphatic heterocycles. The Hall–Kier alpha value is -3.10. The van der Waals surface area contributed by atoms with Gasteiger partial charge in [-0.15, -0.1) is 22.7 Å². The van der Waals surface area contributed by atoms with E-state index >= 15 is 0 Å². The van der Waals surface area contributed by atoms with Gasteiger partial charge in [-0.25, -0.2) is 19.7 Å². The van der Waals surface area contributed by atoms with Crippen molar-refractivity contribution in [1.82, 2.24) is 15.0 Å². The molecule has 3 aromatic heterocycles. The number of carbonyl (C=O) groups is 1. The number of hydrogen-bond acceptors (Lipinski definition) is 6. The number of urea groups is 1. The number of thiazole rings is 2. The van der Waals surface area contributed by atoms with Crippen LogP contribution in [-0.2, 0) is 0 Å². The fourth-order valence-corrected chi connectivity index (χ4v) is 3.65. The van der Waals surface area contributed by atoms with Crippen molar-refractivity contribution < 1.29 is 4.79 Å². The molecule has 128 valence electrons. The lowest BCUT2D eigenvalue weighted by molar-refractivity contribution is 0.258. The lowest BCUT2D eigenvalue weighted by Crippen LogP contribution is -2.31. The summed E-state index contributed by atoms with van der Waals surface area (Å²) in [5.74, 6) is 1.07. The highest BCUT2D eigenvalue weighted by Crippen LogP contribution is 2.31. The van der Waals surface area contributed by atoms with E-state index in [0.717, 1.165) is 10.6 Å². The molecule has 3 heterocycles. The van der Waals surface area contributed by atoms with Crippen LogP contribution >= 0.6 is 22.7 Å². The summed E-state index contributed by atoms with van der Waals surface area (Å²) in [6.07, 6.45) is 3.44. The average Bonchev–Trinajstić information content (AvgIpc) is 3.36. The van der Waals surface area contributed by atoms with Gasteiger partial charge in [-0.2, -0.15) is 0 Å². The molecule has 0 atom stereocenters. The summed E-state index contributed by atoms with van der Waals surface area (Å²) in [6.45, 7) is 0. The molecule has 8 heteroatoms. The van der Waals surface area contributed by atoms with Crippen LogP contribution in [0.2, 0.25) is 0 Å². The summed E-state index contributed by atoms with van der Waals surface area (Å²) in [7, 11) is 0. The summed E-state index contributed by atoms with van der Waals surface area (Å²) in [5, 5.41) is 7.36. The van der Waals surface area contributed by atoms with Gasteiger partial charge in [0, 0.05) is 34.4 Å². The molecule has 0 saturated carbocycles. The van der Waals surface area contributed by atoms with Gasteiger partial charge in [0.25, 0.3) is 0 Å². The van der Waals surface area contributed by atoms with Crippen LogP contribution in [0.1, 0.15) is 0 Å². The first kappa shape index (κ1) is 16.4. The Labute approximate surface area is 157 Å². The molecule has 4 rings (SSSR count). The minimum Gasteiger partial charge on any atom is -0.307 e. The van der Waals surface area contributed by atoms with Crippen molar-refractivity contribution in [3.05, 3.63) is 71.1 Å². The number of benzene rings is 1. The van der Waals surface area contributed by atoms with Crippen molar-refractivity contribution in [3.63, 3.8) is 0 Å². The Bertz CT molecular complexity index is 987. The molecule has 0 unspecified atom stereocenters. The zero-order valence-corrected chi connectivity index (χ0v) is 15.1. The minimum atomic E-state index is -0.311. The van der Waals surface area contributed by atoms with Crippen molar-refractivity contribution in [2.45, 2.75) is 0 Å². The highest BCUT2D eigenvalue weighted by Gasteiger charge is 2.23. The van der Waals surface area contributed by atoms with E-state index in [1.54, 1.807) is 17.9 Å². The normalized spacial score (nSPS) is 10.5. The number of nitrogens with zero attached hydrogens (tertiary/aromatic N) is 4. The van der Waals surface area contributed by atoms with E-state index in [1.807, 2.05) is 53.2 Å². The summed E-state index contributed by atoms with van der Waals surface area (Å²) in [6, 6.07) is 12.8. The third-order valence-corrected chi connectivity index (χ3v) is 4.98. The molecule has 6 nitrogen and oxygen atoms in total. The predicted octanol–water partition coefficient (Wildman–Crippen LogP) is 5.03. The quantitative estimate of drug-likeness (QED) is 0.540. The smallest absolute Gasteiger partial charge is 0.307 e. The number of carbonyl (C=O) groups excluding carboxylic acids is 1. The van der Waals surface area contributed by atoms with Gasteiger partial charge in [-0.1, -0.05) is 18.2 Å². The van der Waals surface area contributed by atoms with Gasteiger partial charge in [0.1, 0.15) is 5.01 Å². The summed E-state index contributed by atoms with van der Waals surface area (Å²) < 4.78 is 0. The van der Waals surface area contributed by atoms with Crippen LogP contribution in [0.5, 0.6) is 0 Å². The van der Waals surface area contributed by atoms with Crippen LogP contribution in [-0.4, -0.2) is 21.0 Å². The molecule has 2 amide bonds. The molecule has 0 aliphatic carbocycles. The van der Waals surface area contributed by atoms with Gasteiger partial charge in [0.15, 0.2) is 11.6 Å². The Morgan fingerprint density at radius 3 is 2.54 bits per heavy atom. The van der Waals surface area contributed by atoms with Crippen molar-refractivity contribution >= 4 is 46.0 Å². The van der Waals surface area contributed by atoms with E-state index in [4.69, 9.17) is 0 Å². The third kappa shape index (κ3) is 3.46. The highest BCUT2D eigenvalue weighted by atomic mass is 32.1. The first-order valence-electron chi connectivity index (χ1n) is 7.71. The summed E-state index contributed by atoms with van der Waals surface area (Å²) in [5.41, 5.74) is 3.36. The summed E-state index contributed by atoms with van der Waals surface area (Å²) >= 11 is 2.89. The fourth-order valence-electron chi connectivity index (χ4n) is 2.34. The van der Waals surface area contributed by atoms with Crippen LogP contribution in [0.3, 0.4) is 0 Å². The van der Waals surface area contributed by atoms with E-state index in [2.05, 4.69) is 20.3 Å². The van der Waals surface area contributed by atoms with E-state index in [1.165, 1.54) is 27.6 Å². The van der Waals surface area contributed by atoms with Crippen LogP contribution in [0.15, 0.2) is 71.1 Å². The standard InChI is InChI=1S/C18H13N5OS2/c24-18(21-14-4-2-1-3-5-14)23(15-10-25-12-20-15)16-11-26-17(22-16)13-6-8-19-9-7-13/h1-12H,(H,21,24). The van der Waals surface area contributed by atoms with E-state index in [9.17, 15) is 4.79 Å². The lowest BCUT2D eigenvalue weighted by atomic mass is 10.3. The fraction of sp³-hybridized carbons (Fsp3) is 0. The van der Waals surface area contributed by atoms with Crippen molar-refractivity contribution in [2.75, 3.05) is 10.2 Å². The van der Waals surface area contributed by atoms with Crippen molar-refractivity contribution in [3.8, 4) is 10.6 Å². The molecular formula is C18H13N5OS2. The lowest BCUT2D eigenvalue weighted by Gasteiger charge is -2.18. The van der Waals surface area contributed by atoms with Crippen molar-refractivity contribution in [2.24, 2.45) is 0 Å². The first-order chi connectivity index (χ1) is 12.8. The monoisotopic (exact) mass is 379 g/mol. The van der Waals surface area contributed by atoms with E-state index < -0.39 is 0 Å². The van der Waals surface area contributed by atoms with Gasteiger partial charge in [-0.3, -0.25) is 4.98 Å². The molecule has 0 spiro atoms. The first-order valence-corrected chi connectivity index (χ1v) is 9.54. The minimum absolute atomic E-state index is 0.311. The second-order valence-corrected chi connectivity index (χ2v) is 6.80. The number of nitrogens with one attached hydrogen (secondary N) is 1. The summed E-state index contributed by atoms with van der Waals surface area (Å²) in [4.78, 5) is 27.3. The third-order valence-electron chi connectivity index (χ3n) is 3.52. The number of hydrogen-bond donors (Lipinski definition) is 1. The maximum absolute atomic E-state index is 12.9. The zero-order chi connectivity index (χ0) is 17.8. The number of amides is 2. The van der Waals surface area contributed by atoms with Gasteiger partial charge in [-0.05, 0) is 24.3 Å². The Kier molecular flexibility index (Phi) is 4.67. The molecule has 26 heavy (non-hydrogen) atoms. The average molecular weight is 379 g/mol. The van der Waals surface area contributed by atoms with Crippen LogP contribution in [0, 0.1) is 0 Å². The Morgan fingerprint density at radius 2 is 1.81 bits per heavy atom. The van der Waals surface area contributed by atoms with Crippen LogP contribution < -0.4 is 10.2 Å². The molecule has 0 bridgehead atoms. The van der Waals surface area contributed by atoms with E-state index in [0.29, 0.717) is 17.3 Å².